The number of alkyl halides is 3. The normalized spacial score (nSPS) is 11.5. The Morgan fingerprint density at radius 2 is 1.96 bits per heavy atom. The number of carbonyl (C=O) groups excluding carboxylic acids is 1. The van der Waals surface area contributed by atoms with Crippen molar-refractivity contribution in [2.45, 2.75) is 6.18 Å². The van der Waals surface area contributed by atoms with Crippen molar-refractivity contribution < 1.29 is 22.5 Å². The van der Waals surface area contributed by atoms with E-state index in [1.807, 2.05) is 0 Å². The highest BCUT2D eigenvalue weighted by molar-refractivity contribution is 7.19. The molecule has 0 saturated heterocycles. The molecule has 10 heteroatoms. The van der Waals surface area contributed by atoms with Crippen molar-refractivity contribution in [3.63, 3.8) is 0 Å². The Morgan fingerprint density at radius 3 is 2.50 bits per heavy atom. The van der Waals surface area contributed by atoms with Gasteiger partial charge in [-0.25, -0.2) is 4.79 Å². The molecule has 2 aromatic heterocycles. The van der Waals surface area contributed by atoms with Crippen LogP contribution in [0.3, 0.4) is 0 Å². The third-order valence-electron chi connectivity index (χ3n) is 3.05. The van der Waals surface area contributed by atoms with Crippen molar-refractivity contribution in [2.75, 3.05) is 5.32 Å². The van der Waals surface area contributed by atoms with Crippen LogP contribution in [0.15, 0.2) is 41.2 Å². The second-order valence-electron chi connectivity index (χ2n) is 4.67. The van der Waals surface area contributed by atoms with E-state index in [9.17, 15) is 18.0 Å². The molecule has 3 N–H and O–H groups in total. The number of benzene rings is 1. The number of hydrogen-bond donors (Lipinski definition) is 2. The molecule has 0 aliphatic heterocycles. The lowest BCUT2D eigenvalue weighted by Gasteiger charge is -2.06. The first-order chi connectivity index (χ1) is 11.3. The van der Waals surface area contributed by atoms with E-state index in [0.29, 0.717) is 21.0 Å². The molecule has 0 aliphatic carbocycles. The summed E-state index contributed by atoms with van der Waals surface area (Å²) in [5.74, 6) is 0.238. The number of nitrogens with zero attached hydrogens (tertiary/aromatic N) is 2. The van der Waals surface area contributed by atoms with Crippen LogP contribution in [0.1, 0.15) is 5.56 Å². The molecule has 0 bridgehead atoms. The van der Waals surface area contributed by atoms with E-state index in [4.69, 9.17) is 5.73 Å². The fraction of sp³-hybridized carbons (Fsp3) is 0.0714. The van der Waals surface area contributed by atoms with Crippen LogP contribution in [-0.2, 0) is 6.18 Å². The Labute approximate surface area is 137 Å². The van der Waals surface area contributed by atoms with Crippen molar-refractivity contribution >= 4 is 23.1 Å². The van der Waals surface area contributed by atoms with Gasteiger partial charge in [0, 0.05) is 4.88 Å². The van der Waals surface area contributed by atoms with Crippen molar-refractivity contribution in [1.82, 2.24) is 10.1 Å². The van der Waals surface area contributed by atoms with E-state index in [1.54, 1.807) is 6.07 Å². The van der Waals surface area contributed by atoms with Crippen LogP contribution >= 0.6 is 11.3 Å². The van der Waals surface area contributed by atoms with Gasteiger partial charge >= 0.3 is 12.2 Å². The number of nitrogens with two attached hydrogens (primary N) is 1. The van der Waals surface area contributed by atoms with E-state index < -0.39 is 17.8 Å². The zero-order chi connectivity index (χ0) is 17.3. The molecule has 2 amide bonds. The Morgan fingerprint density at radius 1 is 1.25 bits per heavy atom. The minimum Gasteiger partial charge on any atom is -0.351 e. The predicted molar refractivity (Wildman–Crippen MR) is 81.3 cm³/mol. The van der Waals surface area contributed by atoms with Gasteiger partial charge < -0.3 is 15.6 Å². The fourth-order valence-corrected chi connectivity index (χ4v) is 3.07. The maximum absolute atomic E-state index is 12.6. The molecule has 0 unspecified atom stereocenters. The first-order valence-corrected chi connectivity index (χ1v) is 7.31. The maximum atomic E-state index is 12.6. The first kappa shape index (κ1) is 16.0. The molecule has 0 saturated carbocycles. The Kier molecular flexibility index (Phi) is 3.97. The Bertz CT molecular complexity index is 857. The number of urea groups is 1. The molecule has 0 radical (unpaired) electrons. The van der Waals surface area contributed by atoms with Crippen molar-refractivity contribution in [3.8, 4) is 21.1 Å². The highest BCUT2D eigenvalue weighted by Crippen LogP contribution is 2.40. The van der Waals surface area contributed by atoms with Gasteiger partial charge in [-0.05, 0) is 23.8 Å². The van der Waals surface area contributed by atoms with Crippen molar-refractivity contribution in [2.24, 2.45) is 5.73 Å². The summed E-state index contributed by atoms with van der Waals surface area (Å²) in [5.41, 5.74) is 5.29. The van der Waals surface area contributed by atoms with Crippen molar-refractivity contribution in [3.05, 3.63) is 42.3 Å². The van der Waals surface area contributed by atoms with Gasteiger partial charge in [0.2, 0.25) is 12.2 Å². The van der Waals surface area contributed by atoms with E-state index in [0.717, 1.165) is 18.5 Å². The van der Waals surface area contributed by atoms with Crippen LogP contribution in [0, 0.1) is 0 Å². The number of rotatable bonds is 3. The number of primary amides is 1. The number of halogens is 3. The molecule has 3 aromatic rings. The molecule has 3 rings (SSSR count). The van der Waals surface area contributed by atoms with Crippen molar-refractivity contribution in [1.29, 1.82) is 0 Å². The van der Waals surface area contributed by atoms with Gasteiger partial charge in [-0.15, -0.1) is 11.3 Å². The minimum absolute atomic E-state index is 0.238. The largest absolute Gasteiger partial charge is 0.416 e. The van der Waals surface area contributed by atoms with Gasteiger partial charge in [0.15, 0.2) is 0 Å². The maximum Gasteiger partial charge on any atom is 0.416 e. The second kappa shape index (κ2) is 5.96. The Balaban J connectivity index is 2.01. The summed E-state index contributed by atoms with van der Waals surface area (Å²) in [6.45, 7) is 0. The number of carbonyl (C=O) groups is 1. The summed E-state index contributed by atoms with van der Waals surface area (Å²) < 4.78 is 42.6. The lowest BCUT2D eigenvalue weighted by atomic mass is 10.1. The minimum atomic E-state index is -4.40. The number of hydrogen-bond acceptors (Lipinski definition) is 5. The third kappa shape index (κ3) is 3.23. The van der Waals surface area contributed by atoms with Gasteiger partial charge in [-0.1, -0.05) is 17.3 Å². The molecule has 0 aliphatic rings. The highest BCUT2D eigenvalue weighted by Gasteiger charge is 2.30. The summed E-state index contributed by atoms with van der Waals surface area (Å²) in [5, 5.41) is 6.13. The zero-order valence-electron chi connectivity index (χ0n) is 11.8. The lowest BCUT2D eigenvalue weighted by Crippen LogP contribution is -2.19. The molecule has 124 valence electrons. The highest BCUT2D eigenvalue weighted by atomic mass is 32.1. The first-order valence-electron chi connectivity index (χ1n) is 6.49. The molecule has 24 heavy (non-hydrogen) atoms. The second-order valence-corrected chi connectivity index (χ2v) is 5.72. The molecule has 0 spiro atoms. The third-order valence-corrected chi connectivity index (χ3v) is 4.23. The van der Waals surface area contributed by atoms with Crippen LogP contribution in [0.5, 0.6) is 0 Å². The van der Waals surface area contributed by atoms with Crippen LogP contribution in [-0.4, -0.2) is 16.2 Å². The number of anilines is 1. The van der Waals surface area contributed by atoms with E-state index in [2.05, 4.69) is 20.0 Å². The van der Waals surface area contributed by atoms with Gasteiger partial charge in [-0.2, -0.15) is 18.2 Å². The molecule has 2 heterocycles. The molecule has 6 nitrogen and oxygen atoms in total. The van der Waals surface area contributed by atoms with Gasteiger partial charge in [-0.3, -0.25) is 0 Å². The molecule has 0 atom stereocenters. The fourth-order valence-electron chi connectivity index (χ4n) is 2.02. The number of amides is 2. The SMILES string of the molecule is NC(=O)Nc1cc(-c2ccc(C(F)(F)F)cc2)sc1-c1ncon1. The average Bonchev–Trinajstić information content (AvgIpc) is 3.15. The average molecular weight is 354 g/mol. The molecule has 0 fully saturated rings. The zero-order valence-corrected chi connectivity index (χ0v) is 12.6. The number of nitrogens with one attached hydrogen (secondary N) is 1. The number of aromatic nitrogens is 2. The Hall–Kier alpha value is -2.88. The summed E-state index contributed by atoms with van der Waals surface area (Å²) in [4.78, 5) is 16.1. The quantitative estimate of drug-likeness (QED) is 0.744. The van der Waals surface area contributed by atoms with Crippen LogP contribution in [0.2, 0.25) is 0 Å². The lowest BCUT2D eigenvalue weighted by molar-refractivity contribution is -0.137. The molecule has 1 aromatic carbocycles. The van der Waals surface area contributed by atoms with Crippen LogP contribution in [0.25, 0.3) is 21.1 Å². The predicted octanol–water partition coefficient (Wildman–Crippen LogP) is 3.97. The summed E-state index contributed by atoms with van der Waals surface area (Å²) >= 11 is 1.19. The van der Waals surface area contributed by atoms with Gasteiger partial charge in [0.1, 0.15) is 0 Å². The van der Waals surface area contributed by atoms with Gasteiger partial charge in [0.25, 0.3) is 0 Å². The van der Waals surface area contributed by atoms with Crippen LogP contribution < -0.4 is 11.1 Å². The summed E-state index contributed by atoms with van der Waals surface area (Å²) in [7, 11) is 0. The number of thiophene rings is 1. The monoisotopic (exact) mass is 354 g/mol. The summed E-state index contributed by atoms with van der Waals surface area (Å²) in [6, 6.07) is 5.49. The van der Waals surface area contributed by atoms with Gasteiger partial charge in [0.05, 0.1) is 16.1 Å². The molecular formula is C14H9F3N4O2S. The smallest absolute Gasteiger partial charge is 0.351 e. The molecular weight excluding hydrogens is 345 g/mol. The summed E-state index contributed by atoms with van der Waals surface area (Å²) in [6.07, 6.45) is -3.27. The standard InChI is InChI=1S/C14H9F3N4O2S/c15-14(16,17)8-3-1-7(2-4-8)10-5-9(20-13(18)22)11(24-10)12-19-6-23-21-12/h1-6H,(H3,18,20,22). The van der Waals surface area contributed by atoms with E-state index in [-0.39, 0.29) is 5.82 Å². The van der Waals surface area contributed by atoms with Crippen LogP contribution in [0.4, 0.5) is 23.7 Å². The van der Waals surface area contributed by atoms with E-state index >= 15 is 0 Å². The topological polar surface area (TPSA) is 94.0 Å². The van der Waals surface area contributed by atoms with E-state index in [1.165, 1.54) is 23.5 Å².